The number of fused-ring (bicyclic) bond motifs is 1. The molecule has 0 spiro atoms. The molecule has 0 saturated carbocycles. The molecule has 0 saturated heterocycles. The summed E-state index contributed by atoms with van der Waals surface area (Å²) in [5.74, 6) is 0.861. The molecule has 4 nitrogen and oxygen atoms in total. The smallest absolute Gasteiger partial charge is 0.167 e. The summed E-state index contributed by atoms with van der Waals surface area (Å²) in [7, 11) is 4.03. The molecule has 5 heteroatoms. The minimum atomic E-state index is 0.0425. The van der Waals surface area contributed by atoms with Crippen molar-refractivity contribution in [2.24, 2.45) is 0 Å². The number of hydrogen-bond acceptors (Lipinski definition) is 3. The van der Waals surface area contributed by atoms with Crippen molar-refractivity contribution in [3.8, 4) is 11.4 Å². The number of aromatic nitrogens is 2. The van der Waals surface area contributed by atoms with Gasteiger partial charge in [-0.1, -0.05) is 29.8 Å². The fourth-order valence-corrected chi connectivity index (χ4v) is 3.36. The van der Waals surface area contributed by atoms with Crippen LogP contribution in [0.4, 0.5) is 5.69 Å². The minimum Gasteiger partial charge on any atom is -0.378 e. The fraction of sp³-hybridized carbons (Fsp3) is 0.130. The van der Waals surface area contributed by atoms with Gasteiger partial charge in [0.2, 0.25) is 0 Å². The quantitative estimate of drug-likeness (QED) is 0.466. The molecule has 4 aromatic rings. The average Bonchev–Trinajstić information content (AvgIpc) is 3.11. The predicted molar refractivity (Wildman–Crippen MR) is 115 cm³/mol. The maximum atomic E-state index is 12.5. The lowest BCUT2D eigenvalue weighted by molar-refractivity contribution is 0.0993. The second kappa shape index (κ2) is 7.49. The Morgan fingerprint density at radius 3 is 2.54 bits per heavy atom. The number of carbonyl (C=O) groups is 1. The van der Waals surface area contributed by atoms with Gasteiger partial charge in [-0.3, -0.25) is 4.79 Å². The molecule has 0 bridgehead atoms. The van der Waals surface area contributed by atoms with Gasteiger partial charge in [0.05, 0.1) is 11.0 Å². The zero-order valence-electron chi connectivity index (χ0n) is 15.7. The van der Waals surface area contributed by atoms with Crippen molar-refractivity contribution >= 4 is 34.1 Å². The van der Waals surface area contributed by atoms with E-state index in [-0.39, 0.29) is 5.78 Å². The van der Waals surface area contributed by atoms with Crippen molar-refractivity contribution in [1.29, 1.82) is 0 Å². The van der Waals surface area contributed by atoms with Gasteiger partial charge >= 0.3 is 0 Å². The van der Waals surface area contributed by atoms with Crippen molar-refractivity contribution in [1.82, 2.24) is 9.97 Å². The molecule has 0 atom stereocenters. The Hall–Kier alpha value is -3.11. The van der Waals surface area contributed by atoms with Crippen molar-refractivity contribution < 1.29 is 4.79 Å². The Labute approximate surface area is 168 Å². The molecule has 0 unspecified atom stereocenters. The van der Waals surface area contributed by atoms with Gasteiger partial charge in [-0.25, -0.2) is 4.98 Å². The first-order chi connectivity index (χ1) is 13.5. The van der Waals surface area contributed by atoms with Crippen molar-refractivity contribution in [3.63, 3.8) is 0 Å². The summed E-state index contributed by atoms with van der Waals surface area (Å²) in [6.07, 6.45) is 0.322. The van der Waals surface area contributed by atoms with Crippen molar-refractivity contribution in [2.45, 2.75) is 6.42 Å². The number of nitrogens with zero attached hydrogens (tertiary/aromatic N) is 2. The normalized spacial score (nSPS) is 11.0. The Morgan fingerprint density at radius 1 is 1.04 bits per heavy atom. The maximum absolute atomic E-state index is 12.5. The minimum absolute atomic E-state index is 0.0425. The lowest BCUT2D eigenvalue weighted by Crippen LogP contribution is -2.07. The predicted octanol–water partition coefficient (Wildman–Crippen LogP) is 5.37. The molecular weight excluding hydrogens is 370 g/mol. The first-order valence-corrected chi connectivity index (χ1v) is 9.42. The van der Waals surface area contributed by atoms with Crippen molar-refractivity contribution in [2.75, 3.05) is 19.0 Å². The largest absolute Gasteiger partial charge is 0.378 e. The lowest BCUT2D eigenvalue weighted by Gasteiger charge is -2.11. The Balaban J connectivity index is 1.58. The van der Waals surface area contributed by atoms with Gasteiger partial charge in [-0.2, -0.15) is 0 Å². The Kier molecular flexibility index (Phi) is 4.88. The van der Waals surface area contributed by atoms with Crippen LogP contribution in [-0.4, -0.2) is 29.8 Å². The van der Waals surface area contributed by atoms with Gasteiger partial charge in [0, 0.05) is 42.4 Å². The molecule has 0 amide bonds. The number of anilines is 1. The molecule has 0 fully saturated rings. The van der Waals surface area contributed by atoms with Crippen LogP contribution in [0, 0.1) is 0 Å². The monoisotopic (exact) mass is 389 g/mol. The molecule has 1 aromatic heterocycles. The van der Waals surface area contributed by atoms with E-state index in [2.05, 4.69) is 39.1 Å². The van der Waals surface area contributed by atoms with E-state index in [1.807, 2.05) is 32.3 Å². The van der Waals surface area contributed by atoms with Gasteiger partial charge in [0.15, 0.2) is 5.78 Å². The van der Waals surface area contributed by atoms with Crippen molar-refractivity contribution in [3.05, 3.63) is 82.9 Å². The zero-order chi connectivity index (χ0) is 19.7. The highest BCUT2D eigenvalue weighted by Gasteiger charge is 2.10. The summed E-state index contributed by atoms with van der Waals surface area (Å²) in [5, 5.41) is 0.569. The number of halogens is 1. The topological polar surface area (TPSA) is 49.0 Å². The average molecular weight is 390 g/mol. The van der Waals surface area contributed by atoms with Gasteiger partial charge in [0.25, 0.3) is 0 Å². The number of aromatic amines is 1. The summed E-state index contributed by atoms with van der Waals surface area (Å²) in [6, 6.07) is 21.2. The highest BCUT2D eigenvalue weighted by Crippen LogP contribution is 2.24. The number of carbonyl (C=O) groups excluding carboxylic acids is 1. The second-order valence-corrected chi connectivity index (χ2v) is 7.42. The molecule has 1 N–H and O–H groups in total. The van der Waals surface area contributed by atoms with Crippen LogP contribution >= 0.6 is 11.6 Å². The summed E-state index contributed by atoms with van der Waals surface area (Å²) < 4.78 is 0. The van der Waals surface area contributed by atoms with Gasteiger partial charge in [0.1, 0.15) is 5.82 Å². The van der Waals surface area contributed by atoms with Crippen LogP contribution in [0.5, 0.6) is 0 Å². The van der Waals surface area contributed by atoms with E-state index >= 15 is 0 Å². The highest BCUT2D eigenvalue weighted by atomic mass is 35.5. The van der Waals surface area contributed by atoms with Crippen LogP contribution in [0.3, 0.4) is 0 Å². The summed E-state index contributed by atoms with van der Waals surface area (Å²) in [5.41, 5.74) is 5.53. The Morgan fingerprint density at radius 2 is 1.82 bits per heavy atom. The molecule has 3 aromatic carbocycles. The van der Waals surface area contributed by atoms with E-state index in [4.69, 9.17) is 11.6 Å². The molecule has 1 heterocycles. The number of Topliss-reactive ketones (excluding diaryl/α,β-unsaturated/α-hetero) is 1. The maximum Gasteiger partial charge on any atom is 0.167 e. The molecule has 0 radical (unpaired) electrons. The molecule has 28 heavy (non-hydrogen) atoms. The van der Waals surface area contributed by atoms with Gasteiger partial charge in [-0.15, -0.1) is 0 Å². The first kappa shape index (κ1) is 18.3. The van der Waals surface area contributed by atoms with E-state index in [0.29, 0.717) is 17.0 Å². The van der Waals surface area contributed by atoms with Crippen LogP contribution in [-0.2, 0) is 6.42 Å². The SMILES string of the molecule is CN(C)c1ccc(-c2nc3ccc(CC(=O)c4cccc(Cl)c4)cc3[nH]2)cc1. The number of nitrogens with one attached hydrogen (secondary N) is 1. The summed E-state index contributed by atoms with van der Waals surface area (Å²) in [4.78, 5) is 22.6. The third-order valence-electron chi connectivity index (χ3n) is 4.71. The van der Waals surface area contributed by atoms with E-state index in [1.54, 1.807) is 24.3 Å². The zero-order valence-corrected chi connectivity index (χ0v) is 16.5. The van der Waals surface area contributed by atoms with E-state index in [9.17, 15) is 4.79 Å². The van der Waals surface area contributed by atoms with E-state index in [0.717, 1.165) is 33.7 Å². The summed E-state index contributed by atoms with van der Waals surface area (Å²) in [6.45, 7) is 0. The molecule has 0 aliphatic rings. The Bertz CT molecular complexity index is 1150. The molecular formula is C23H20ClN3O. The van der Waals surface area contributed by atoms with Crippen LogP contribution in [0.15, 0.2) is 66.7 Å². The first-order valence-electron chi connectivity index (χ1n) is 9.05. The standard InChI is InChI=1S/C23H20ClN3O/c1-27(2)19-9-7-16(8-10-19)23-25-20-11-6-15(12-21(20)26-23)13-22(28)17-4-3-5-18(24)14-17/h3-12,14H,13H2,1-2H3,(H,25,26). The molecule has 140 valence electrons. The van der Waals surface area contributed by atoms with E-state index < -0.39 is 0 Å². The number of imidazole rings is 1. The summed E-state index contributed by atoms with van der Waals surface area (Å²) >= 11 is 5.99. The van der Waals surface area contributed by atoms with Crippen LogP contribution in [0.1, 0.15) is 15.9 Å². The number of hydrogen-bond donors (Lipinski definition) is 1. The molecule has 4 rings (SSSR count). The van der Waals surface area contributed by atoms with E-state index in [1.165, 1.54) is 0 Å². The van der Waals surface area contributed by atoms with Crippen LogP contribution in [0.2, 0.25) is 5.02 Å². The van der Waals surface area contributed by atoms with Gasteiger partial charge in [-0.05, 0) is 54.1 Å². The highest BCUT2D eigenvalue weighted by molar-refractivity contribution is 6.31. The molecule has 0 aliphatic carbocycles. The number of rotatable bonds is 5. The molecule has 0 aliphatic heterocycles. The fourth-order valence-electron chi connectivity index (χ4n) is 3.17. The van der Waals surface area contributed by atoms with Crippen LogP contribution in [0.25, 0.3) is 22.4 Å². The van der Waals surface area contributed by atoms with Crippen LogP contribution < -0.4 is 4.90 Å². The second-order valence-electron chi connectivity index (χ2n) is 6.99. The number of ketones is 1. The third-order valence-corrected chi connectivity index (χ3v) is 4.95. The number of benzene rings is 3. The third kappa shape index (κ3) is 3.78. The number of H-pyrrole nitrogens is 1. The van der Waals surface area contributed by atoms with Gasteiger partial charge < -0.3 is 9.88 Å². The lowest BCUT2D eigenvalue weighted by atomic mass is 10.0.